The molecule has 0 aliphatic rings. The molecule has 6 heteroatoms. The van der Waals surface area contributed by atoms with Crippen molar-refractivity contribution in [2.24, 2.45) is 0 Å². The molecule has 88 valence electrons. The number of rotatable bonds is 4. The van der Waals surface area contributed by atoms with Crippen molar-refractivity contribution in [2.75, 3.05) is 5.75 Å². The lowest BCUT2D eigenvalue weighted by Gasteiger charge is -2.16. The molecule has 0 bridgehead atoms. The molecule has 0 heterocycles. The van der Waals surface area contributed by atoms with Gasteiger partial charge in [-0.25, -0.2) is 9.18 Å². The summed E-state index contributed by atoms with van der Waals surface area (Å²) < 4.78 is 24.2. The summed E-state index contributed by atoms with van der Waals surface area (Å²) in [6.45, 7) is 1.07. The van der Waals surface area contributed by atoms with Crippen molar-refractivity contribution in [1.29, 1.82) is 0 Å². The van der Waals surface area contributed by atoms with E-state index >= 15 is 0 Å². The molecule has 2 atom stereocenters. The summed E-state index contributed by atoms with van der Waals surface area (Å²) in [6.07, 6.45) is 0. The predicted molar refractivity (Wildman–Crippen MR) is 55.9 cm³/mol. The van der Waals surface area contributed by atoms with Crippen LogP contribution in [-0.4, -0.2) is 31.7 Å². The Labute approximate surface area is 94.2 Å². The second-order valence-corrected chi connectivity index (χ2v) is 4.97. The van der Waals surface area contributed by atoms with Gasteiger partial charge in [0.25, 0.3) is 0 Å². The van der Waals surface area contributed by atoms with Gasteiger partial charge < -0.3 is 10.2 Å². The minimum absolute atomic E-state index is 0.280. The van der Waals surface area contributed by atoms with Crippen LogP contribution in [-0.2, 0) is 15.6 Å². The van der Waals surface area contributed by atoms with Gasteiger partial charge in [-0.05, 0) is 31.2 Å². The largest absolute Gasteiger partial charge is 0.479 e. The van der Waals surface area contributed by atoms with E-state index < -0.39 is 33.9 Å². The van der Waals surface area contributed by atoms with Crippen molar-refractivity contribution in [3.05, 3.63) is 30.1 Å². The number of aliphatic hydroxyl groups is 1. The zero-order valence-corrected chi connectivity index (χ0v) is 9.33. The molecule has 16 heavy (non-hydrogen) atoms. The van der Waals surface area contributed by atoms with Gasteiger partial charge in [0.15, 0.2) is 5.60 Å². The number of aliphatic carboxylic acids is 1. The van der Waals surface area contributed by atoms with Crippen molar-refractivity contribution < 1.29 is 23.6 Å². The van der Waals surface area contributed by atoms with Gasteiger partial charge in [0, 0.05) is 4.90 Å². The Morgan fingerprint density at radius 3 is 2.38 bits per heavy atom. The first-order valence-electron chi connectivity index (χ1n) is 4.42. The smallest absolute Gasteiger partial charge is 0.336 e. The fourth-order valence-corrected chi connectivity index (χ4v) is 2.23. The summed E-state index contributed by atoms with van der Waals surface area (Å²) in [5.74, 6) is -2.35. The van der Waals surface area contributed by atoms with E-state index in [0.717, 1.165) is 19.1 Å². The number of halogens is 1. The van der Waals surface area contributed by atoms with Crippen LogP contribution in [0.5, 0.6) is 0 Å². The zero-order chi connectivity index (χ0) is 12.3. The fraction of sp³-hybridized carbons (Fsp3) is 0.300. The highest BCUT2D eigenvalue weighted by Crippen LogP contribution is 2.13. The number of hydrogen-bond donors (Lipinski definition) is 2. The fourth-order valence-electron chi connectivity index (χ4n) is 0.987. The number of carboxylic acid groups (broad SMARTS) is 1. The van der Waals surface area contributed by atoms with Gasteiger partial charge in [0.2, 0.25) is 0 Å². The first kappa shape index (κ1) is 12.8. The maximum absolute atomic E-state index is 12.6. The average molecular weight is 246 g/mol. The van der Waals surface area contributed by atoms with Gasteiger partial charge in [-0.1, -0.05) is 0 Å². The maximum Gasteiger partial charge on any atom is 0.336 e. The third-order valence-electron chi connectivity index (χ3n) is 1.95. The summed E-state index contributed by atoms with van der Waals surface area (Å²) >= 11 is 0. The third kappa shape index (κ3) is 3.11. The van der Waals surface area contributed by atoms with Crippen molar-refractivity contribution in [3.63, 3.8) is 0 Å². The van der Waals surface area contributed by atoms with Crippen molar-refractivity contribution >= 4 is 16.8 Å². The van der Waals surface area contributed by atoms with E-state index in [1.165, 1.54) is 12.1 Å². The normalized spacial score (nSPS) is 16.4. The molecule has 0 radical (unpaired) electrons. The molecule has 4 nitrogen and oxygen atoms in total. The predicted octanol–water partition coefficient (Wildman–Crippen LogP) is 0.769. The molecular formula is C10H11FO4S. The number of carboxylic acids is 1. The van der Waals surface area contributed by atoms with Crippen LogP contribution in [0.15, 0.2) is 29.2 Å². The molecule has 0 saturated heterocycles. The lowest BCUT2D eigenvalue weighted by Crippen LogP contribution is -2.40. The quantitative estimate of drug-likeness (QED) is 0.822. The summed E-state index contributed by atoms with van der Waals surface area (Å²) in [6, 6.07) is 4.85. The second kappa shape index (κ2) is 4.71. The van der Waals surface area contributed by atoms with E-state index in [0.29, 0.717) is 0 Å². The van der Waals surface area contributed by atoms with E-state index in [4.69, 9.17) is 5.11 Å². The van der Waals surface area contributed by atoms with Crippen molar-refractivity contribution in [2.45, 2.75) is 17.4 Å². The molecule has 0 spiro atoms. The van der Waals surface area contributed by atoms with Crippen LogP contribution in [0.2, 0.25) is 0 Å². The molecule has 0 fully saturated rings. The maximum atomic E-state index is 12.6. The van der Waals surface area contributed by atoms with Gasteiger partial charge >= 0.3 is 5.97 Å². The van der Waals surface area contributed by atoms with Crippen LogP contribution in [0.25, 0.3) is 0 Å². The van der Waals surface area contributed by atoms with E-state index in [-0.39, 0.29) is 4.90 Å². The van der Waals surface area contributed by atoms with Gasteiger partial charge in [-0.2, -0.15) is 0 Å². The lowest BCUT2D eigenvalue weighted by atomic mass is 10.1. The Morgan fingerprint density at radius 2 is 1.94 bits per heavy atom. The van der Waals surface area contributed by atoms with Crippen LogP contribution in [0.3, 0.4) is 0 Å². The highest BCUT2D eigenvalue weighted by Gasteiger charge is 2.32. The highest BCUT2D eigenvalue weighted by atomic mass is 32.2. The molecule has 1 aromatic carbocycles. The molecule has 0 aliphatic heterocycles. The summed E-state index contributed by atoms with van der Waals surface area (Å²) in [7, 11) is -1.68. The molecular weight excluding hydrogens is 235 g/mol. The third-order valence-corrected chi connectivity index (χ3v) is 3.57. The van der Waals surface area contributed by atoms with Gasteiger partial charge in [-0.3, -0.25) is 4.21 Å². The Morgan fingerprint density at radius 1 is 1.44 bits per heavy atom. The zero-order valence-electron chi connectivity index (χ0n) is 8.51. The molecule has 1 aromatic rings. The summed E-state index contributed by atoms with van der Waals surface area (Å²) in [5, 5.41) is 18.0. The van der Waals surface area contributed by atoms with Crippen LogP contribution >= 0.6 is 0 Å². The Kier molecular flexibility index (Phi) is 3.77. The van der Waals surface area contributed by atoms with Gasteiger partial charge in [-0.15, -0.1) is 0 Å². The van der Waals surface area contributed by atoms with Crippen molar-refractivity contribution in [3.8, 4) is 0 Å². The van der Waals surface area contributed by atoms with Gasteiger partial charge in [0.05, 0.1) is 16.6 Å². The van der Waals surface area contributed by atoms with E-state index in [1.807, 2.05) is 0 Å². The van der Waals surface area contributed by atoms with Crippen LogP contribution < -0.4 is 0 Å². The molecule has 0 amide bonds. The van der Waals surface area contributed by atoms with E-state index in [2.05, 4.69) is 0 Å². The first-order valence-corrected chi connectivity index (χ1v) is 5.74. The van der Waals surface area contributed by atoms with E-state index in [9.17, 15) is 18.5 Å². The van der Waals surface area contributed by atoms with Crippen LogP contribution in [0.4, 0.5) is 4.39 Å². The van der Waals surface area contributed by atoms with Gasteiger partial charge in [0.1, 0.15) is 5.82 Å². The SMILES string of the molecule is CC(O)(CS(=O)c1ccc(F)cc1)C(=O)O. The topological polar surface area (TPSA) is 74.6 Å². The first-order chi connectivity index (χ1) is 7.33. The number of carbonyl (C=O) groups is 1. The monoisotopic (exact) mass is 246 g/mol. The molecule has 2 N–H and O–H groups in total. The Bertz CT molecular complexity index is 413. The van der Waals surface area contributed by atoms with Crippen molar-refractivity contribution in [1.82, 2.24) is 0 Å². The molecule has 2 unspecified atom stereocenters. The Balaban J connectivity index is 2.81. The molecule has 0 saturated carbocycles. The minimum atomic E-state index is -2.06. The Hall–Kier alpha value is -1.27. The number of hydrogen-bond acceptors (Lipinski definition) is 3. The average Bonchev–Trinajstić information content (AvgIpc) is 2.17. The summed E-state index contributed by atoms with van der Waals surface area (Å²) in [5.41, 5.74) is -2.06. The molecule has 0 aliphatic carbocycles. The number of benzene rings is 1. The van der Waals surface area contributed by atoms with Crippen LogP contribution in [0.1, 0.15) is 6.92 Å². The van der Waals surface area contributed by atoms with Crippen LogP contribution in [0, 0.1) is 5.82 Å². The lowest BCUT2D eigenvalue weighted by molar-refractivity contribution is -0.154. The molecule has 0 aromatic heterocycles. The molecule has 1 rings (SSSR count). The highest BCUT2D eigenvalue weighted by molar-refractivity contribution is 7.85. The minimum Gasteiger partial charge on any atom is -0.479 e. The van der Waals surface area contributed by atoms with E-state index in [1.54, 1.807) is 0 Å². The second-order valence-electron chi connectivity index (χ2n) is 3.52. The summed E-state index contributed by atoms with van der Waals surface area (Å²) in [4.78, 5) is 10.9. The standard InChI is InChI=1S/C10H11FO4S/c1-10(14,9(12)13)6-16(15)8-4-2-7(11)3-5-8/h2-5,14H,6H2,1H3,(H,12,13).